The molecule has 0 radical (unpaired) electrons. The molecule has 0 saturated heterocycles. The molecule has 200 valence electrons. The van der Waals surface area contributed by atoms with E-state index in [9.17, 15) is 14.3 Å². The highest BCUT2D eigenvalue weighted by Crippen LogP contribution is 2.37. The lowest BCUT2D eigenvalue weighted by Gasteiger charge is -2.24. The molecule has 1 atom stereocenters. The van der Waals surface area contributed by atoms with Crippen molar-refractivity contribution in [2.24, 2.45) is 0 Å². The molecule has 0 aromatic heterocycles. The maximum absolute atomic E-state index is 14.9. The lowest BCUT2D eigenvalue weighted by Crippen LogP contribution is -2.13. The molecule has 1 unspecified atom stereocenters. The minimum absolute atomic E-state index is 0.00295. The number of methoxy groups -OCH3 is 1. The van der Waals surface area contributed by atoms with E-state index in [1.807, 2.05) is 56.3 Å². The molecule has 0 spiro atoms. The zero-order valence-corrected chi connectivity index (χ0v) is 23.2. The van der Waals surface area contributed by atoms with E-state index in [0.717, 1.165) is 35.1 Å². The van der Waals surface area contributed by atoms with Crippen LogP contribution < -0.4 is 9.47 Å². The quantitative estimate of drug-likeness (QED) is 0.297. The zero-order chi connectivity index (χ0) is 27.6. The number of rotatable bonds is 10. The van der Waals surface area contributed by atoms with Gasteiger partial charge in [0.1, 0.15) is 23.9 Å². The van der Waals surface area contributed by atoms with E-state index < -0.39 is 5.97 Å². The van der Waals surface area contributed by atoms with Gasteiger partial charge in [-0.15, -0.1) is 0 Å². The van der Waals surface area contributed by atoms with E-state index in [4.69, 9.17) is 9.47 Å². The van der Waals surface area contributed by atoms with Crippen LogP contribution in [0.4, 0.5) is 4.39 Å². The number of carbonyl (C=O) groups is 1. The number of hydrogen-bond donors (Lipinski definition) is 1. The maximum atomic E-state index is 14.9. The van der Waals surface area contributed by atoms with Crippen molar-refractivity contribution in [3.63, 3.8) is 0 Å². The predicted molar refractivity (Wildman–Crippen MR) is 149 cm³/mol. The minimum Gasteiger partial charge on any atom is -0.497 e. The molecule has 4 nitrogen and oxygen atoms in total. The molecular formula is C32H41FO4. The molecule has 3 aromatic carbocycles. The average molecular weight is 509 g/mol. The van der Waals surface area contributed by atoms with Crippen molar-refractivity contribution in [1.29, 1.82) is 0 Å². The van der Waals surface area contributed by atoms with Gasteiger partial charge in [-0.3, -0.25) is 4.79 Å². The summed E-state index contributed by atoms with van der Waals surface area (Å²) in [4.78, 5) is 11.2. The van der Waals surface area contributed by atoms with Crippen LogP contribution in [0.15, 0.2) is 60.7 Å². The predicted octanol–water partition coefficient (Wildman–Crippen LogP) is 8.76. The van der Waals surface area contributed by atoms with E-state index >= 15 is 0 Å². The van der Waals surface area contributed by atoms with Gasteiger partial charge >= 0.3 is 5.97 Å². The van der Waals surface area contributed by atoms with E-state index in [1.54, 1.807) is 19.2 Å². The smallest absolute Gasteiger partial charge is 0.303 e. The SMILES string of the molecule is CC.CCCC(CC(=O)O)c1ccc(OCc2ccc(C(C)(C)C)c(-c3cc(OC)ccc3F)c2)cc1. The number of benzene rings is 3. The topological polar surface area (TPSA) is 55.8 Å². The van der Waals surface area contributed by atoms with Crippen molar-refractivity contribution >= 4 is 5.97 Å². The highest BCUT2D eigenvalue weighted by atomic mass is 19.1. The summed E-state index contributed by atoms with van der Waals surface area (Å²) in [5, 5.41) is 9.20. The lowest BCUT2D eigenvalue weighted by molar-refractivity contribution is -0.137. The summed E-state index contributed by atoms with van der Waals surface area (Å²) in [6.45, 7) is 12.7. The van der Waals surface area contributed by atoms with Crippen molar-refractivity contribution in [3.8, 4) is 22.6 Å². The largest absolute Gasteiger partial charge is 0.497 e. The standard InChI is InChI=1S/C30H35FO4.C2H6/c1-6-7-22(17-29(32)33)21-9-11-23(12-10-21)35-19-20-8-14-27(30(2,3)4)25(16-20)26-18-24(34-5)13-15-28(26)31;1-2/h8-16,18,22H,6-7,17,19H2,1-5H3,(H,32,33);1-2H3. The molecule has 0 aliphatic rings. The second-order valence-electron chi connectivity index (χ2n) is 9.92. The lowest BCUT2D eigenvalue weighted by atomic mass is 9.81. The van der Waals surface area contributed by atoms with Gasteiger partial charge in [-0.05, 0) is 76.4 Å². The first-order chi connectivity index (χ1) is 17.6. The Kier molecular flexibility index (Phi) is 11.2. The first-order valence-corrected chi connectivity index (χ1v) is 13.0. The second-order valence-corrected chi connectivity index (χ2v) is 9.92. The van der Waals surface area contributed by atoms with Gasteiger partial charge in [0.25, 0.3) is 0 Å². The number of carboxylic acids is 1. The van der Waals surface area contributed by atoms with Crippen LogP contribution in [0.2, 0.25) is 0 Å². The summed E-state index contributed by atoms with van der Waals surface area (Å²) in [5.74, 6) is 0.219. The molecule has 0 bridgehead atoms. The summed E-state index contributed by atoms with van der Waals surface area (Å²) in [6, 6.07) is 18.5. The van der Waals surface area contributed by atoms with E-state index in [-0.39, 0.29) is 23.6 Å². The Bertz CT molecular complexity index is 1150. The highest BCUT2D eigenvalue weighted by molar-refractivity contribution is 5.71. The Labute approximate surface area is 221 Å². The van der Waals surface area contributed by atoms with E-state index in [0.29, 0.717) is 23.7 Å². The fraction of sp³-hybridized carbons (Fsp3) is 0.406. The number of carboxylic acid groups (broad SMARTS) is 1. The van der Waals surface area contributed by atoms with Crippen LogP contribution in [0.25, 0.3) is 11.1 Å². The fourth-order valence-electron chi connectivity index (χ4n) is 4.34. The maximum Gasteiger partial charge on any atom is 0.303 e. The summed E-state index contributed by atoms with van der Waals surface area (Å²) in [7, 11) is 1.57. The molecular weight excluding hydrogens is 467 g/mol. The molecule has 5 heteroatoms. The fourth-order valence-corrected chi connectivity index (χ4v) is 4.34. The summed E-state index contributed by atoms with van der Waals surface area (Å²) in [5.41, 5.74) is 4.12. The molecule has 3 rings (SSSR count). The number of aliphatic carboxylic acids is 1. The third kappa shape index (κ3) is 8.34. The van der Waals surface area contributed by atoms with Crippen molar-refractivity contribution in [3.05, 3.63) is 83.2 Å². The van der Waals surface area contributed by atoms with Crippen LogP contribution >= 0.6 is 0 Å². The summed E-state index contributed by atoms with van der Waals surface area (Å²) in [6.07, 6.45) is 1.88. The Balaban J connectivity index is 0.00000235. The van der Waals surface area contributed by atoms with Crippen LogP contribution in [-0.2, 0) is 16.8 Å². The number of ether oxygens (including phenoxy) is 2. The molecule has 1 N–H and O–H groups in total. The number of hydrogen-bond acceptors (Lipinski definition) is 3. The minimum atomic E-state index is -0.786. The van der Waals surface area contributed by atoms with Crippen LogP contribution in [0, 0.1) is 5.82 Å². The van der Waals surface area contributed by atoms with Gasteiger partial charge in [-0.2, -0.15) is 0 Å². The van der Waals surface area contributed by atoms with E-state index in [2.05, 4.69) is 27.7 Å². The van der Waals surface area contributed by atoms with Crippen LogP contribution in [-0.4, -0.2) is 18.2 Å². The Morgan fingerprint density at radius 3 is 2.16 bits per heavy atom. The third-order valence-electron chi connectivity index (χ3n) is 6.17. The summed E-state index contributed by atoms with van der Waals surface area (Å²) < 4.78 is 26.2. The van der Waals surface area contributed by atoms with Crippen molar-refractivity contribution in [1.82, 2.24) is 0 Å². The van der Waals surface area contributed by atoms with Gasteiger partial charge in [0, 0.05) is 5.56 Å². The monoisotopic (exact) mass is 508 g/mol. The normalized spacial score (nSPS) is 11.8. The molecule has 0 heterocycles. The zero-order valence-electron chi connectivity index (χ0n) is 23.2. The van der Waals surface area contributed by atoms with Crippen LogP contribution in [0.3, 0.4) is 0 Å². The molecule has 0 saturated carbocycles. The van der Waals surface area contributed by atoms with Crippen LogP contribution in [0.5, 0.6) is 11.5 Å². The molecule has 3 aromatic rings. The Morgan fingerprint density at radius 1 is 0.946 bits per heavy atom. The first-order valence-electron chi connectivity index (χ1n) is 13.0. The average Bonchev–Trinajstić information content (AvgIpc) is 2.88. The third-order valence-corrected chi connectivity index (χ3v) is 6.17. The van der Waals surface area contributed by atoms with Gasteiger partial charge in [0.05, 0.1) is 13.5 Å². The first kappa shape index (κ1) is 29.9. The highest BCUT2D eigenvalue weighted by Gasteiger charge is 2.21. The van der Waals surface area contributed by atoms with Gasteiger partial charge < -0.3 is 14.6 Å². The molecule has 0 aliphatic carbocycles. The molecule has 0 amide bonds. The van der Waals surface area contributed by atoms with Crippen molar-refractivity contribution in [2.75, 3.05) is 7.11 Å². The Morgan fingerprint density at radius 2 is 1.59 bits per heavy atom. The molecule has 0 fully saturated rings. The van der Waals surface area contributed by atoms with Gasteiger partial charge in [-0.1, -0.05) is 72.2 Å². The molecule has 0 aliphatic heterocycles. The van der Waals surface area contributed by atoms with Crippen molar-refractivity contribution < 1.29 is 23.8 Å². The van der Waals surface area contributed by atoms with Gasteiger partial charge in [0.2, 0.25) is 0 Å². The van der Waals surface area contributed by atoms with Crippen molar-refractivity contribution in [2.45, 2.75) is 78.7 Å². The number of halogens is 1. The second kappa shape index (κ2) is 13.8. The molecule has 37 heavy (non-hydrogen) atoms. The van der Waals surface area contributed by atoms with E-state index in [1.165, 1.54) is 6.07 Å². The van der Waals surface area contributed by atoms with Gasteiger partial charge in [0.15, 0.2) is 0 Å². The van der Waals surface area contributed by atoms with Gasteiger partial charge in [-0.25, -0.2) is 4.39 Å². The Hall–Kier alpha value is -3.34. The van der Waals surface area contributed by atoms with Crippen LogP contribution in [0.1, 0.15) is 83.4 Å². The summed E-state index contributed by atoms with van der Waals surface area (Å²) >= 11 is 0.